The first-order valence-electron chi connectivity index (χ1n) is 9.39. The SMILES string of the molecule is N#Cc1cccc(Cl)c1-c1ccc2c(=O)n(-c3cncc4ccccc34)c(=O)[nH]c2c1. The van der Waals surface area contributed by atoms with Gasteiger partial charge in [0.05, 0.1) is 34.4 Å². The Morgan fingerprint density at radius 2 is 1.81 bits per heavy atom. The molecule has 0 aliphatic carbocycles. The summed E-state index contributed by atoms with van der Waals surface area (Å²) in [7, 11) is 0. The average molecular weight is 425 g/mol. The largest absolute Gasteiger partial charge is 0.333 e. The molecule has 0 aliphatic rings. The number of H-pyrrole nitrogens is 1. The Morgan fingerprint density at radius 1 is 0.968 bits per heavy atom. The number of aromatic nitrogens is 3. The molecule has 0 bridgehead atoms. The molecule has 5 aromatic rings. The van der Waals surface area contributed by atoms with Crippen LogP contribution in [0, 0.1) is 11.3 Å². The highest BCUT2D eigenvalue weighted by molar-refractivity contribution is 6.33. The summed E-state index contributed by atoms with van der Waals surface area (Å²) in [5, 5.41) is 11.7. The minimum absolute atomic E-state index is 0.335. The molecule has 3 aromatic carbocycles. The summed E-state index contributed by atoms with van der Waals surface area (Å²) in [5.41, 5.74) is 1.33. The van der Waals surface area contributed by atoms with Crippen LogP contribution in [0.25, 0.3) is 38.5 Å². The van der Waals surface area contributed by atoms with Gasteiger partial charge in [-0.3, -0.25) is 9.78 Å². The number of nitrogens with one attached hydrogen (secondary N) is 1. The number of halogens is 1. The lowest BCUT2D eigenvalue weighted by Crippen LogP contribution is -2.33. The van der Waals surface area contributed by atoms with Crippen LogP contribution in [-0.4, -0.2) is 14.5 Å². The van der Waals surface area contributed by atoms with Crippen molar-refractivity contribution in [3.8, 4) is 22.9 Å². The molecule has 2 aromatic heterocycles. The molecule has 0 spiro atoms. The first kappa shape index (κ1) is 18.8. The Morgan fingerprint density at radius 3 is 2.65 bits per heavy atom. The van der Waals surface area contributed by atoms with Crippen LogP contribution in [0.5, 0.6) is 0 Å². The summed E-state index contributed by atoms with van der Waals surface area (Å²) in [6.45, 7) is 0. The summed E-state index contributed by atoms with van der Waals surface area (Å²) in [5.74, 6) is 0. The minimum atomic E-state index is -0.576. The third kappa shape index (κ3) is 3.00. The highest BCUT2D eigenvalue weighted by atomic mass is 35.5. The lowest BCUT2D eigenvalue weighted by Gasteiger charge is -2.11. The molecular weight excluding hydrogens is 412 g/mol. The highest BCUT2D eigenvalue weighted by Gasteiger charge is 2.15. The van der Waals surface area contributed by atoms with Crippen molar-refractivity contribution in [1.82, 2.24) is 14.5 Å². The van der Waals surface area contributed by atoms with Crippen LogP contribution in [0.2, 0.25) is 5.02 Å². The van der Waals surface area contributed by atoms with Crippen molar-refractivity contribution in [3.63, 3.8) is 0 Å². The van der Waals surface area contributed by atoms with Crippen LogP contribution in [0.15, 0.2) is 82.6 Å². The van der Waals surface area contributed by atoms with Crippen LogP contribution in [-0.2, 0) is 0 Å². The maximum absolute atomic E-state index is 13.3. The van der Waals surface area contributed by atoms with Gasteiger partial charge in [0, 0.05) is 27.6 Å². The van der Waals surface area contributed by atoms with Gasteiger partial charge in [-0.1, -0.05) is 48.0 Å². The Balaban J connectivity index is 1.78. The van der Waals surface area contributed by atoms with E-state index in [-0.39, 0.29) is 0 Å². The Hall–Kier alpha value is -4.21. The first-order chi connectivity index (χ1) is 15.1. The van der Waals surface area contributed by atoms with Crippen molar-refractivity contribution >= 4 is 33.3 Å². The van der Waals surface area contributed by atoms with E-state index in [2.05, 4.69) is 16.0 Å². The Labute approximate surface area is 180 Å². The van der Waals surface area contributed by atoms with E-state index in [0.717, 1.165) is 15.3 Å². The molecule has 2 heterocycles. The molecule has 6 nitrogen and oxygen atoms in total. The van der Waals surface area contributed by atoms with E-state index in [1.54, 1.807) is 42.6 Å². The summed E-state index contributed by atoms with van der Waals surface area (Å²) >= 11 is 6.32. The van der Waals surface area contributed by atoms with Gasteiger partial charge in [-0.25, -0.2) is 9.36 Å². The molecule has 1 N–H and O–H groups in total. The molecule has 7 heteroatoms. The lowest BCUT2D eigenvalue weighted by atomic mass is 9.99. The van der Waals surface area contributed by atoms with Crippen molar-refractivity contribution in [3.05, 3.63) is 104 Å². The zero-order chi connectivity index (χ0) is 21.5. The minimum Gasteiger partial charge on any atom is -0.306 e. The number of fused-ring (bicyclic) bond motifs is 2. The number of hydrogen-bond donors (Lipinski definition) is 1. The van der Waals surface area contributed by atoms with Crippen molar-refractivity contribution in [1.29, 1.82) is 5.26 Å². The van der Waals surface area contributed by atoms with Gasteiger partial charge in [0.2, 0.25) is 0 Å². The average Bonchev–Trinajstić information content (AvgIpc) is 2.78. The predicted molar refractivity (Wildman–Crippen MR) is 121 cm³/mol. The fourth-order valence-corrected chi connectivity index (χ4v) is 4.07. The van der Waals surface area contributed by atoms with Gasteiger partial charge >= 0.3 is 5.69 Å². The zero-order valence-electron chi connectivity index (χ0n) is 16.0. The molecule has 0 saturated carbocycles. The number of hydrogen-bond acceptors (Lipinski definition) is 4. The van der Waals surface area contributed by atoms with Gasteiger partial charge < -0.3 is 4.98 Å². The standard InChI is InChI=1S/C24H13ClN4O2/c25-19-7-3-5-15(11-26)22(19)14-8-9-18-20(10-14)28-24(31)29(23(18)30)21-13-27-12-16-4-1-2-6-17(16)21/h1-10,12-13H,(H,28,31). The molecule has 148 valence electrons. The first-order valence-corrected chi connectivity index (χ1v) is 9.77. The number of pyridine rings is 1. The van der Waals surface area contributed by atoms with E-state index in [1.807, 2.05) is 24.3 Å². The molecule has 0 fully saturated rings. The highest BCUT2D eigenvalue weighted by Crippen LogP contribution is 2.32. The molecule has 0 unspecified atom stereocenters. The number of benzene rings is 3. The topological polar surface area (TPSA) is 91.5 Å². The third-order valence-corrected chi connectivity index (χ3v) is 5.52. The number of nitrogens with zero attached hydrogens (tertiary/aromatic N) is 3. The van der Waals surface area contributed by atoms with Crippen LogP contribution >= 0.6 is 11.6 Å². The van der Waals surface area contributed by atoms with E-state index in [9.17, 15) is 14.9 Å². The van der Waals surface area contributed by atoms with E-state index in [1.165, 1.54) is 6.20 Å². The molecule has 0 radical (unpaired) electrons. The molecule has 0 atom stereocenters. The number of aromatic amines is 1. The molecular formula is C24H13ClN4O2. The smallest absolute Gasteiger partial charge is 0.306 e. The van der Waals surface area contributed by atoms with Gasteiger partial charge in [-0.05, 0) is 29.8 Å². The second-order valence-electron chi connectivity index (χ2n) is 6.99. The molecule has 0 aliphatic heterocycles. The Bertz CT molecular complexity index is 1660. The monoisotopic (exact) mass is 424 g/mol. The Kier molecular flexibility index (Phi) is 4.39. The second kappa shape index (κ2) is 7.24. The number of rotatable bonds is 2. The van der Waals surface area contributed by atoms with E-state index in [0.29, 0.717) is 38.3 Å². The van der Waals surface area contributed by atoms with Crippen molar-refractivity contribution in [2.45, 2.75) is 0 Å². The van der Waals surface area contributed by atoms with Crippen molar-refractivity contribution in [2.75, 3.05) is 0 Å². The van der Waals surface area contributed by atoms with Gasteiger partial charge in [0.25, 0.3) is 5.56 Å². The van der Waals surface area contributed by atoms with E-state index >= 15 is 0 Å². The summed E-state index contributed by atoms with van der Waals surface area (Å²) in [6.07, 6.45) is 3.18. The lowest BCUT2D eigenvalue weighted by molar-refractivity contribution is 0.902. The maximum atomic E-state index is 13.3. The third-order valence-electron chi connectivity index (χ3n) is 5.21. The van der Waals surface area contributed by atoms with Gasteiger partial charge in [-0.15, -0.1) is 0 Å². The van der Waals surface area contributed by atoms with Crippen LogP contribution in [0.4, 0.5) is 0 Å². The summed E-state index contributed by atoms with van der Waals surface area (Å²) in [6, 6.07) is 19.6. The van der Waals surface area contributed by atoms with Gasteiger partial charge in [-0.2, -0.15) is 5.26 Å². The van der Waals surface area contributed by atoms with Crippen LogP contribution in [0.1, 0.15) is 5.56 Å². The molecule has 0 saturated heterocycles. The van der Waals surface area contributed by atoms with Crippen LogP contribution < -0.4 is 11.2 Å². The summed E-state index contributed by atoms with van der Waals surface area (Å²) in [4.78, 5) is 33.2. The molecule has 0 amide bonds. The van der Waals surface area contributed by atoms with E-state index < -0.39 is 11.2 Å². The van der Waals surface area contributed by atoms with E-state index in [4.69, 9.17) is 11.6 Å². The normalized spacial score (nSPS) is 11.0. The van der Waals surface area contributed by atoms with Crippen molar-refractivity contribution in [2.24, 2.45) is 0 Å². The molecule has 31 heavy (non-hydrogen) atoms. The summed E-state index contributed by atoms with van der Waals surface area (Å²) < 4.78 is 1.09. The van der Waals surface area contributed by atoms with Crippen LogP contribution in [0.3, 0.4) is 0 Å². The fourth-order valence-electron chi connectivity index (χ4n) is 3.78. The second-order valence-corrected chi connectivity index (χ2v) is 7.39. The van der Waals surface area contributed by atoms with Gasteiger partial charge in [0.15, 0.2) is 0 Å². The number of nitriles is 1. The predicted octanol–water partition coefficient (Wildman–Crippen LogP) is 4.42. The zero-order valence-corrected chi connectivity index (χ0v) is 16.7. The molecule has 5 rings (SSSR count). The fraction of sp³-hybridized carbons (Fsp3) is 0. The van der Waals surface area contributed by atoms with Crippen molar-refractivity contribution < 1.29 is 0 Å². The van der Waals surface area contributed by atoms with Gasteiger partial charge in [0.1, 0.15) is 0 Å². The quantitative estimate of drug-likeness (QED) is 0.454. The maximum Gasteiger partial charge on any atom is 0.333 e.